The fourth-order valence-electron chi connectivity index (χ4n) is 1.80. The Bertz CT molecular complexity index is 572. The van der Waals surface area contributed by atoms with Crippen molar-refractivity contribution >= 4 is 5.82 Å². The molecular weight excluding hydrogens is 233 g/mol. The highest BCUT2D eigenvalue weighted by molar-refractivity contribution is 5.74. The number of ether oxygens (including phenoxy) is 1. The summed E-state index contributed by atoms with van der Waals surface area (Å²) >= 11 is 0. The summed E-state index contributed by atoms with van der Waals surface area (Å²) in [6, 6.07) is 4.88. The topological polar surface area (TPSA) is 47.0 Å². The van der Waals surface area contributed by atoms with E-state index in [1.54, 1.807) is 20.0 Å². The summed E-state index contributed by atoms with van der Waals surface area (Å²) in [7, 11) is 3.28. The SMILES string of the molecule is CNc1ncnc(-c2cccc(F)c2C)c1OC. The Hall–Kier alpha value is -2.17. The lowest BCUT2D eigenvalue weighted by molar-refractivity contribution is 0.415. The standard InChI is InChI=1S/C13H14FN3O/c1-8-9(5-4-6-10(8)14)11-12(18-3)13(15-2)17-7-16-11/h4-7H,1-3H3,(H,15,16,17). The molecule has 1 aromatic heterocycles. The predicted molar refractivity (Wildman–Crippen MR) is 68.3 cm³/mol. The molecule has 0 fully saturated rings. The quantitative estimate of drug-likeness (QED) is 0.905. The zero-order chi connectivity index (χ0) is 13.1. The Morgan fingerprint density at radius 3 is 2.72 bits per heavy atom. The van der Waals surface area contributed by atoms with Gasteiger partial charge in [0.25, 0.3) is 0 Å². The smallest absolute Gasteiger partial charge is 0.187 e. The molecule has 0 unspecified atom stereocenters. The number of nitrogens with zero attached hydrogens (tertiary/aromatic N) is 2. The van der Waals surface area contributed by atoms with Crippen LogP contribution in [0.3, 0.4) is 0 Å². The zero-order valence-corrected chi connectivity index (χ0v) is 10.5. The van der Waals surface area contributed by atoms with Gasteiger partial charge in [-0.25, -0.2) is 14.4 Å². The maximum absolute atomic E-state index is 13.6. The fraction of sp³-hybridized carbons (Fsp3) is 0.231. The number of hydrogen-bond donors (Lipinski definition) is 1. The molecule has 0 spiro atoms. The third-order valence-corrected chi connectivity index (χ3v) is 2.77. The van der Waals surface area contributed by atoms with E-state index in [0.29, 0.717) is 28.4 Å². The number of benzene rings is 1. The second-order valence-corrected chi connectivity index (χ2v) is 3.77. The molecule has 0 amide bonds. The minimum Gasteiger partial charge on any atom is -0.491 e. The van der Waals surface area contributed by atoms with Crippen LogP contribution in [0.4, 0.5) is 10.2 Å². The molecule has 1 N–H and O–H groups in total. The van der Waals surface area contributed by atoms with Crippen LogP contribution in [0.5, 0.6) is 5.75 Å². The lowest BCUT2D eigenvalue weighted by Gasteiger charge is -2.13. The van der Waals surface area contributed by atoms with Crippen molar-refractivity contribution in [2.75, 3.05) is 19.5 Å². The van der Waals surface area contributed by atoms with Crippen molar-refractivity contribution in [2.45, 2.75) is 6.92 Å². The first-order chi connectivity index (χ1) is 8.69. The maximum atomic E-state index is 13.6. The van der Waals surface area contributed by atoms with Gasteiger partial charge in [0.15, 0.2) is 11.6 Å². The van der Waals surface area contributed by atoms with Crippen LogP contribution >= 0.6 is 0 Å². The highest BCUT2D eigenvalue weighted by atomic mass is 19.1. The molecule has 94 valence electrons. The van der Waals surface area contributed by atoms with E-state index in [0.717, 1.165) is 0 Å². The molecule has 4 nitrogen and oxygen atoms in total. The van der Waals surface area contributed by atoms with Crippen LogP contribution < -0.4 is 10.1 Å². The summed E-state index contributed by atoms with van der Waals surface area (Å²) in [5.74, 6) is 0.819. The summed E-state index contributed by atoms with van der Waals surface area (Å²) < 4.78 is 18.9. The lowest BCUT2D eigenvalue weighted by atomic mass is 10.0. The van der Waals surface area contributed by atoms with Crippen molar-refractivity contribution in [3.05, 3.63) is 35.9 Å². The van der Waals surface area contributed by atoms with Crippen LogP contribution in [0.2, 0.25) is 0 Å². The number of rotatable bonds is 3. The number of nitrogens with one attached hydrogen (secondary N) is 1. The fourth-order valence-corrected chi connectivity index (χ4v) is 1.80. The van der Waals surface area contributed by atoms with Gasteiger partial charge in [-0.2, -0.15) is 0 Å². The van der Waals surface area contributed by atoms with Crippen LogP contribution in [0.15, 0.2) is 24.5 Å². The van der Waals surface area contributed by atoms with Gasteiger partial charge in [0.1, 0.15) is 17.8 Å². The lowest BCUT2D eigenvalue weighted by Crippen LogP contribution is -2.01. The number of methoxy groups -OCH3 is 1. The van der Waals surface area contributed by atoms with Crippen molar-refractivity contribution in [3.63, 3.8) is 0 Å². The summed E-state index contributed by atoms with van der Waals surface area (Å²) in [6.45, 7) is 1.71. The van der Waals surface area contributed by atoms with Gasteiger partial charge in [0, 0.05) is 12.6 Å². The highest BCUT2D eigenvalue weighted by Crippen LogP contribution is 2.34. The van der Waals surface area contributed by atoms with E-state index < -0.39 is 0 Å². The normalized spacial score (nSPS) is 10.2. The second kappa shape index (κ2) is 5.00. The van der Waals surface area contributed by atoms with Gasteiger partial charge < -0.3 is 10.1 Å². The Morgan fingerprint density at radius 2 is 2.06 bits per heavy atom. The van der Waals surface area contributed by atoms with Gasteiger partial charge in [-0.05, 0) is 18.6 Å². The average molecular weight is 247 g/mol. The Morgan fingerprint density at radius 1 is 1.28 bits per heavy atom. The highest BCUT2D eigenvalue weighted by Gasteiger charge is 2.15. The molecule has 0 aliphatic carbocycles. The molecule has 0 aliphatic rings. The maximum Gasteiger partial charge on any atom is 0.187 e. The second-order valence-electron chi connectivity index (χ2n) is 3.77. The van der Waals surface area contributed by atoms with Crippen LogP contribution in [-0.2, 0) is 0 Å². The number of anilines is 1. The van der Waals surface area contributed by atoms with Gasteiger partial charge in [-0.3, -0.25) is 0 Å². The van der Waals surface area contributed by atoms with E-state index in [-0.39, 0.29) is 5.82 Å². The number of aromatic nitrogens is 2. The number of hydrogen-bond acceptors (Lipinski definition) is 4. The molecule has 2 rings (SSSR count). The summed E-state index contributed by atoms with van der Waals surface area (Å²) in [6.07, 6.45) is 1.42. The van der Waals surface area contributed by atoms with Crippen molar-refractivity contribution < 1.29 is 9.13 Å². The first-order valence-electron chi connectivity index (χ1n) is 5.51. The Balaban J connectivity index is 2.67. The van der Waals surface area contributed by atoms with Crippen LogP contribution in [0.1, 0.15) is 5.56 Å². The summed E-state index contributed by atoms with van der Waals surface area (Å²) in [5.41, 5.74) is 1.82. The summed E-state index contributed by atoms with van der Waals surface area (Å²) in [4.78, 5) is 8.25. The average Bonchev–Trinajstić information content (AvgIpc) is 2.41. The molecule has 1 aromatic carbocycles. The minimum absolute atomic E-state index is 0.265. The molecular formula is C13H14FN3O. The van der Waals surface area contributed by atoms with Gasteiger partial charge >= 0.3 is 0 Å². The molecule has 0 atom stereocenters. The molecule has 0 radical (unpaired) electrons. The monoisotopic (exact) mass is 247 g/mol. The Kier molecular flexibility index (Phi) is 3.41. The molecule has 0 saturated heterocycles. The van der Waals surface area contributed by atoms with Gasteiger partial charge in [0.2, 0.25) is 0 Å². The van der Waals surface area contributed by atoms with Crippen LogP contribution in [-0.4, -0.2) is 24.1 Å². The van der Waals surface area contributed by atoms with Gasteiger partial charge in [-0.1, -0.05) is 12.1 Å². The third kappa shape index (κ3) is 1.99. The van der Waals surface area contributed by atoms with Crippen molar-refractivity contribution in [3.8, 4) is 17.0 Å². The predicted octanol–water partition coefficient (Wildman–Crippen LogP) is 2.64. The van der Waals surface area contributed by atoms with E-state index in [9.17, 15) is 4.39 Å². The van der Waals surface area contributed by atoms with Gasteiger partial charge in [-0.15, -0.1) is 0 Å². The van der Waals surface area contributed by atoms with E-state index in [1.165, 1.54) is 19.5 Å². The van der Waals surface area contributed by atoms with Crippen LogP contribution in [0, 0.1) is 12.7 Å². The molecule has 5 heteroatoms. The number of halogens is 1. The van der Waals surface area contributed by atoms with E-state index in [2.05, 4.69) is 15.3 Å². The van der Waals surface area contributed by atoms with Crippen molar-refractivity contribution in [1.82, 2.24) is 9.97 Å². The van der Waals surface area contributed by atoms with Crippen LogP contribution in [0.25, 0.3) is 11.3 Å². The third-order valence-electron chi connectivity index (χ3n) is 2.77. The first-order valence-corrected chi connectivity index (χ1v) is 5.51. The largest absolute Gasteiger partial charge is 0.491 e. The molecule has 0 aliphatic heterocycles. The minimum atomic E-state index is -0.265. The van der Waals surface area contributed by atoms with Gasteiger partial charge in [0.05, 0.1) is 7.11 Å². The van der Waals surface area contributed by atoms with E-state index in [1.807, 2.05) is 6.07 Å². The molecule has 18 heavy (non-hydrogen) atoms. The molecule has 0 bridgehead atoms. The first kappa shape index (κ1) is 12.3. The van der Waals surface area contributed by atoms with Crippen molar-refractivity contribution in [1.29, 1.82) is 0 Å². The molecule has 1 heterocycles. The molecule has 0 saturated carbocycles. The zero-order valence-electron chi connectivity index (χ0n) is 10.5. The van der Waals surface area contributed by atoms with E-state index in [4.69, 9.17) is 4.74 Å². The molecule has 2 aromatic rings. The summed E-state index contributed by atoms with van der Waals surface area (Å²) in [5, 5.41) is 2.92. The van der Waals surface area contributed by atoms with E-state index >= 15 is 0 Å². The van der Waals surface area contributed by atoms with Crippen molar-refractivity contribution in [2.24, 2.45) is 0 Å². The Labute approximate surface area is 105 Å².